The maximum absolute atomic E-state index is 11.4. The highest BCUT2D eigenvalue weighted by atomic mass is 16.6. The number of fused-ring (bicyclic) bond motifs is 1. The van der Waals surface area contributed by atoms with Gasteiger partial charge in [0.05, 0.1) is 16.0 Å². The van der Waals surface area contributed by atoms with E-state index in [1.54, 1.807) is 0 Å². The molecular weight excluding hydrogens is 264 g/mol. The fourth-order valence-corrected chi connectivity index (χ4v) is 2.29. The number of benzene rings is 1. The summed E-state index contributed by atoms with van der Waals surface area (Å²) in [6.45, 7) is 2.37. The van der Waals surface area contributed by atoms with Crippen LogP contribution in [0.15, 0.2) is 21.7 Å². The lowest BCUT2D eigenvalue weighted by molar-refractivity contribution is -0.384. The predicted molar refractivity (Wildman–Crippen MR) is 71.7 cm³/mol. The third-order valence-electron chi connectivity index (χ3n) is 3.45. The SMILES string of the molecule is O=c1[nH]c2cc([N+](=O)[O-])cc(CN3CCC3)c2[nH]c1=O. The van der Waals surface area contributed by atoms with Gasteiger partial charge in [0.25, 0.3) is 5.69 Å². The van der Waals surface area contributed by atoms with E-state index in [-0.39, 0.29) is 11.2 Å². The van der Waals surface area contributed by atoms with Gasteiger partial charge in [-0.2, -0.15) is 0 Å². The lowest BCUT2D eigenvalue weighted by Crippen LogP contribution is -2.36. The van der Waals surface area contributed by atoms with E-state index in [4.69, 9.17) is 0 Å². The van der Waals surface area contributed by atoms with E-state index in [9.17, 15) is 19.7 Å². The summed E-state index contributed by atoms with van der Waals surface area (Å²) in [7, 11) is 0. The second kappa shape index (κ2) is 4.57. The Balaban J connectivity index is 2.22. The molecule has 0 spiro atoms. The van der Waals surface area contributed by atoms with Crippen molar-refractivity contribution in [3.8, 4) is 0 Å². The van der Waals surface area contributed by atoms with Gasteiger partial charge >= 0.3 is 11.1 Å². The zero-order valence-electron chi connectivity index (χ0n) is 10.5. The summed E-state index contributed by atoms with van der Waals surface area (Å²) >= 11 is 0. The summed E-state index contributed by atoms with van der Waals surface area (Å²) in [6.07, 6.45) is 1.10. The number of non-ortho nitro benzene ring substituents is 1. The van der Waals surface area contributed by atoms with Crippen LogP contribution in [0.1, 0.15) is 12.0 Å². The van der Waals surface area contributed by atoms with Crippen molar-refractivity contribution in [2.45, 2.75) is 13.0 Å². The fourth-order valence-electron chi connectivity index (χ4n) is 2.29. The molecule has 8 nitrogen and oxygen atoms in total. The van der Waals surface area contributed by atoms with Crippen LogP contribution >= 0.6 is 0 Å². The predicted octanol–water partition coefficient (Wildman–Crippen LogP) is 0.330. The number of aromatic amines is 2. The largest absolute Gasteiger partial charge is 0.316 e. The molecule has 1 aliphatic rings. The smallest absolute Gasteiger partial charge is 0.314 e. The normalized spacial score (nSPS) is 15.2. The lowest BCUT2D eigenvalue weighted by atomic mass is 10.1. The first-order chi connectivity index (χ1) is 9.54. The van der Waals surface area contributed by atoms with Crippen LogP contribution in [0.25, 0.3) is 11.0 Å². The van der Waals surface area contributed by atoms with Crippen LogP contribution in [0.2, 0.25) is 0 Å². The maximum atomic E-state index is 11.4. The Morgan fingerprint density at radius 3 is 2.50 bits per heavy atom. The van der Waals surface area contributed by atoms with Gasteiger partial charge < -0.3 is 9.97 Å². The van der Waals surface area contributed by atoms with Crippen LogP contribution in [-0.2, 0) is 6.54 Å². The van der Waals surface area contributed by atoms with Crippen LogP contribution in [0.3, 0.4) is 0 Å². The molecule has 0 unspecified atom stereocenters. The number of nitro benzene ring substituents is 1. The van der Waals surface area contributed by atoms with E-state index in [1.807, 2.05) is 0 Å². The van der Waals surface area contributed by atoms with Gasteiger partial charge in [-0.25, -0.2) is 0 Å². The van der Waals surface area contributed by atoms with Gasteiger partial charge in [0, 0.05) is 18.7 Å². The topological polar surface area (TPSA) is 112 Å². The van der Waals surface area contributed by atoms with Crippen molar-refractivity contribution in [1.29, 1.82) is 0 Å². The Bertz CT molecular complexity index is 803. The summed E-state index contributed by atoms with van der Waals surface area (Å²) in [6, 6.07) is 2.70. The number of hydrogen-bond acceptors (Lipinski definition) is 5. The highest BCUT2D eigenvalue weighted by molar-refractivity contribution is 5.80. The van der Waals surface area contributed by atoms with Gasteiger partial charge in [-0.05, 0) is 25.1 Å². The van der Waals surface area contributed by atoms with Crippen LogP contribution in [0.4, 0.5) is 5.69 Å². The molecule has 0 atom stereocenters. The Labute approximate surface area is 112 Å². The number of H-pyrrole nitrogens is 2. The second-order valence-electron chi connectivity index (χ2n) is 4.82. The Hall–Kier alpha value is -2.48. The number of rotatable bonds is 3. The van der Waals surface area contributed by atoms with Crippen molar-refractivity contribution in [2.24, 2.45) is 0 Å². The number of nitrogens with one attached hydrogen (secondary N) is 2. The average molecular weight is 276 g/mol. The van der Waals surface area contributed by atoms with Gasteiger partial charge in [0.15, 0.2) is 0 Å². The third-order valence-corrected chi connectivity index (χ3v) is 3.45. The second-order valence-corrected chi connectivity index (χ2v) is 4.82. The molecule has 0 aliphatic carbocycles. The standard InChI is InChI=1S/C12H12N4O4/c17-11-12(18)14-10-7(6-15-2-1-3-15)4-8(16(19)20)5-9(10)13-11/h4-5H,1-3,6H2,(H,13,17)(H,14,18). The van der Waals surface area contributed by atoms with Gasteiger partial charge in [-0.15, -0.1) is 0 Å². The summed E-state index contributed by atoms with van der Waals surface area (Å²) in [4.78, 5) is 40.2. The third kappa shape index (κ3) is 2.10. The van der Waals surface area contributed by atoms with E-state index in [1.165, 1.54) is 12.1 Å². The van der Waals surface area contributed by atoms with Crippen molar-refractivity contribution in [3.63, 3.8) is 0 Å². The highest BCUT2D eigenvalue weighted by Crippen LogP contribution is 2.24. The van der Waals surface area contributed by atoms with Gasteiger partial charge in [0.1, 0.15) is 0 Å². The molecule has 0 bridgehead atoms. The molecule has 0 radical (unpaired) electrons. The molecular formula is C12H12N4O4. The molecule has 0 amide bonds. The van der Waals surface area contributed by atoms with Crippen LogP contribution in [0, 0.1) is 10.1 Å². The number of aromatic nitrogens is 2. The number of likely N-dealkylation sites (tertiary alicyclic amines) is 1. The van der Waals surface area contributed by atoms with Gasteiger partial charge in [-0.1, -0.05) is 0 Å². The number of nitrogens with zero attached hydrogens (tertiary/aromatic N) is 2. The molecule has 2 heterocycles. The van der Waals surface area contributed by atoms with Crippen LogP contribution in [0.5, 0.6) is 0 Å². The van der Waals surface area contributed by atoms with Gasteiger partial charge in [0.2, 0.25) is 0 Å². The maximum Gasteiger partial charge on any atom is 0.314 e. The summed E-state index contributed by atoms with van der Waals surface area (Å²) in [5.74, 6) is 0. The first-order valence-electron chi connectivity index (χ1n) is 6.20. The molecule has 1 fully saturated rings. The Morgan fingerprint density at radius 1 is 1.20 bits per heavy atom. The molecule has 20 heavy (non-hydrogen) atoms. The minimum Gasteiger partial charge on any atom is -0.316 e. The summed E-state index contributed by atoms with van der Waals surface area (Å²) in [5.41, 5.74) is -0.298. The lowest BCUT2D eigenvalue weighted by Gasteiger charge is -2.30. The minimum absolute atomic E-state index is 0.101. The molecule has 1 aliphatic heterocycles. The number of nitro groups is 1. The molecule has 104 valence electrons. The number of hydrogen-bond donors (Lipinski definition) is 2. The van der Waals surface area contributed by atoms with Crippen LogP contribution < -0.4 is 11.1 Å². The average Bonchev–Trinajstić information content (AvgIpc) is 2.35. The van der Waals surface area contributed by atoms with E-state index in [0.717, 1.165) is 19.5 Å². The van der Waals surface area contributed by atoms with Gasteiger partial charge in [-0.3, -0.25) is 24.6 Å². The fraction of sp³-hybridized carbons (Fsp3) is 0.333. The highest BCUT2D eigenvalue weighted by Gasteiger charge is 2.19. The van der Waals surface area contributed by atoms with Crippen molar-refractivity contribution in [3.05, 3.63) is 48.5 Å². The quantitative estimate of drug-likeness (QED) is 0.476. The summed E-state index contributed by atoms with van der Waals surface area (Å²) in [5, 5.41) is 10.9. The van der Waals surface area contributed by atoms with E-state index >= 15 is 0 Å². The van der Waals surface area contributed by atoms with Crippen molar-refractivity contribution in [2.75, 3.05) is 13.1 Å². The zero-order chi connectivity index (χ0) is 14.3. The van der Waals surface area contributed by atoms with Crippen molar-refractivity contribution < 1.29 is 4.92 Å². The van der Waals surface area contributed by atoms with E-state index < -0.39 is 16.0 Å². The Morgan fingerprint density at radius 2 is 1.90 bits per heavy atom. The first kappa shape index (κ1) is 12.5. The molecule has 1 saturated heterocycles. The van der Waals surface area contributed by atoms with Crippen molar-refractivity contribution in [1.82, 2.24) is 14.9 Å². The van der Waals surface area contributed by atoms with E-state index in [2.05, 4.69) is 14.9 Å². The van der Waals surface area contributed by atoms with Crippen molar-refractivity contribution >= 4 is 16.7 Å². The molecule has 1 aromatic carbocycles. The summed E-state index contributed by atoms with van der Waals surface area (Å²) < 4.78 is 0. The molecule has 0 saturated carbocycles. The Kier molecular flexibility index (Phi) is 2.87. The monoisotopic (exact) mass is 276 g/mol. The molecule has 8 heteroatoms. The van der Waals surface area contributed by atoms with E-state index in [0.29, 0.717) is 17.6 Å². The molecule has 3 rings (SSSR count). The molecule has 1 aromatic heterocycles. The zero-order valence-corrected chi connectivity index (χ0v) is 10.5. The first-order valence-corrected chi connectivity index (χ1v) is 6.20. The minimum atomic E-state index is -0.812. The molecule has 2 N–H and O–H groups in total. The van der Waals surface area contributed by atoms with Crippen LogP contribution in [-0.4, -0.2) is 32.9 Å². The molecule has 2 aromatic rings.